The first-order valence-electron chi connectivity index (χ1n) is 12.1. The number of benzene rings is 2. The van der Waals surface area contributed by atoms with Crippen LogP contribution in [-0.4, -0.2) is 43.1 Å². The second-order valence-electron chi connectivity index (χ2n) is 8.44. The van der Waals surface area contributed by atoms with Gasteiger partial charge in [0.2, 0.25) is 12.4 Å². The molecule has 0 saturated carbocycles. The fourth-order valence-corrected chi connectivity index (χ4v) is 3.83. The molecule has 0 radical (unpaired) electrons. The Balaban J connectivity index is 1.84. The topological polar surface area (TPSA) is 112 Å². The normalized spacial score (nSPS) is 11.8. The molecule has 1 atom stereocenters. The number of carbonyl (C=O) groups is 1. The predicted molar refractivity (Wildman–Crippen MR) is 144 cm³/mol. The van der Waals surface area contributed by atoms with Crippen LogP contribution in [0.2, 0.25) is 0 Å². The molecule has 0 aliphatic rings. The highest BCUT2D eigenvalue weighted by Gasteiger charge is 2.35. The molecule has 12 heteroatoms. The quantitative estimate of drug-likeness (QED) is 0.132. The molecule has 38 heavy (non-hydrogen) atoms. The van der Waals surface area contributed by atoms with Gasteiger partial charge in [-0.05, 0) is 43.2 Å². The number of methoxy groups -OCH3 is 1. The maximum atomic E-state index is 13.7. The zero-order chi connectivity index (χ0) is 27.5. The monoisotopic (exact) mass is 531 g/mol. The SMILES string of the molecule is CCCC(CCNC=O)Nc1ccc(Nc2ncc(C(F)(F)F)c(Nc3cccc(NC)c3)n2)c(OC)c1. The fraction of sp³-hybridized carbons (Fsp3) is 0.346. The summed E-state index contributed by atoms with van der Waals surface area (Å²) < 4.78 is 46.5. The van der Waals surface area contributed by atoms with Crippen molar-refractivity contribution in [1.29, 1.82) is 0 Å². The van der Waals surface area contributed by atoms with Gasteiger partial charge in [-0.15, -0.1) is 0 Å². The van der Waals surface area contributed by atoms with Gasteiger partial charge in [0.1, 0.15) is 17.1 Å². The number of halogens is 3. The van der Waals surface area contributed by atoms with Crippen molar-refractivity contribution in [3.8, 4) is 5.75 Å². The van der Waals surface area contributed by atoms with Crippen molar-refractivity contribution in [2.45, 2.75) is 38.4 Å². The van der Waals surface area contributed by atoms with Crippen molar-refractivity contribution in [3.63, 3.8) is 0 Å². The van der Waals surface area contributed by atoms with E-state index in [9.17, 15) is 18.0 Å². The van der Waals surface area contributed by atoms with Crippen molar-refractivity contribution >= 4 is 40.9 Å². The summed E-state index contributed by atoms with van der Waals surface area (Å²) in [5, 5.41) is 14.8. The molecule has 9 nitrogen and oxygen atoms in total. The Morgan fingerprint density at radius 2 is 1.84 bits per heavy atom. The number of ether oxygens (including phenoxy) is 1. The molecule has 3 rings (SSSR count). The van der Waals surface area contributed by atoms with E-state index in [0.717, 1.165) is 36.8 Å². The molecule has 1 unspecified atom stereocenters. The minimum absolute atomic E-state index is 0.0342. The van der Waals surface area contributed by atoms with E-state index in [1.807, 2.05) is 6.07 Å². The van der Waals surface area contributed by atoms with Crippen LogP contribution in [0.3, 0.4) is 0 Å². The molecule has 0 spiro atoms. The number of nitrogens with one attached hydrogen (secondary N) is 5. The lowest BCUT2D eigenvalue weighted by atomic mass is 10.1. The van der Waals surface area contributed by atoms with Crippen LogP contribution in [0.4, 0.5) is 47.7 Å². The van der Waals surface area contributed by atoms with Crippen LogP contribution in [0, 0.1) is 0 Å². The fourth-order valence-electron chi connectivity index (χ4n) is 3.83. The molecule has 0 aliphatic heterocycles. The summed E-state index contributed by atoms with van der Waals surface area (Å²) in [6, 6.07) is 12.3. The predicted octanol–water partition coefficient (Wildman–Crippen LogP) is 5.75. The van der Waals surface area contributed by atoms with Gasteiger partial charge in [-0.3, -0.25) is 4.79 Å². The van der Waals surface area contributed by atoms with E-state index in [0.29, 0.717) is 30.1 Å². The Bertz CT molecular complexity index is 1210. The number of alkyl halides is 3. The van der Waals surface area contributed by atoms with Gasteiger partial charge >= 0.3 is 6.18 Å². The van der Waals surface area contributed by atoms with Crippen molar-refractivity contribution in [3.05, 3.63) is 54.2 Å². The molecule has 0 bridgehead atoms. The smallest absolute Gasteiger partial charge is 0.421 e. The number of anilines is 6. The molecule has 1 aromatic heterocycles. The van der Waals surface area contributed by atoms with Gasteiger partial charge < -0.3 is 31.3 Å². The lowest BCUT2D eigenvalue weighted by Crippen LogP contribution is -2.25. The van der Waals surface area contributed by atoms with E-state index < -0.39 is 11.7 Å². The van der Waals surface area contributed by atoms with Crippen molar-refractivity contribution in [2.75, 3.05) is 42.0 Å². The van der Waals surface area contributed by atoms with Gasteiger partial charge in [0, 0.05) is 49.0 Å². The number of aromatic nitrogens is 2. The van der Waals surface area contributed by atoms with Crippen LogP contribution in [0.15, 0.2) is 48.7 Å². The Morgan fingerprint density at radius 1 is 1.05 bits per heavy atom. The Kier molecular flexibility index (Phi) is 9.97. The van der Waals surface area contributed by atoms with Gasteiger partial charge in [0.05, 0.1) is 12.8 Å². The van der Waals surface area contributed by atoms with E-state index in [1.165, 1.54) is 7.11 Å². The summed E-state index contributed by atoms with van der Waals surface area (Å²) in [7, 11) is 3.22. The first-order valence-corrected chi connectivity index (χ1v) is 12.1. The minimum Gasteiger partial charge on any atom is -0.494 e. The van der Waals surface area contributed by atoms with Crippen molar-refractivity contribution in [1.82, 2.24) is 15.3 Å². The molecule has 3 aromatic rings. The molecule has 2 aromatic carbocycles. The third-order valence-corrected chi connectivity index (χ3v) is 5.68. The summed E-state index contributed by atoms with van der Waals surface area (Å²) in [6.07, 6.45) is -0.601. The van der Waals surface area contributed by atoms with Gasteiger partial charge in [-0.2, -0.15) is 18.2 Å². The van der Waals surface area contributed by atoms with E-state index in [-0.39, 0.29) is 17.8 Å². The third-order valence-electron chi connectivity index (χ3n) is 5.68. The highest BCUT2D eigenvalue weighted by Crippen LogP contribution is 2.36. The molecule has 1 heterocycles. The number of amides is 1. The summed E-state index contributed by atoms with van der Waals surface area (Å²) in [5.41, 5.74) is 1.46. The Hall–Kier alpha value is -4.22. The maximum Gasteiger partial charge on any atom is 0.421 e. The highest BCUT2D eigenvalue weighted by molar-refractivity contribution is 5.70. The van der Waals surface area contributed by atoms with Crippen LogP contribution in [0.5, 0.6) is 5.75 Å². The largest absolute Gasteiger partial charge is 0.494 e. The first-order chi connectivity index (χ1) is 18.3. The Morgan fingerprint density at radius 3 is 2.53 bits per heavy atom. The van der Waals surface area contributed by atoms with Gasteiger partial charge in [-0.25, -0.2) is 4.98 Å². The molecular weight excluding hydrogens is 499 g/mol. The molecule has 1 amide bonds. The molecule has 0 saturated heterocycles. The lowest BCUT2D eigenvalue weighted by molar-refractivity contribution is -0.137. The summed E-state index contributed by atoms with van der Waals surface area (Å²) in [5.74, 6) is 0.0379. The summed E-state index contributed by atoms with van der Waals surface area (Å²) in [4.78, 5) is 18.6. The second-order valence-corrected chi connectivity index (χ2v) is 8.44. The van der Waals surface area contributed by atoms with Gasteiger partial charge in [-0.1, -0.05) is 19.4 Å². The molecule has 204 valence electrons. The zero-order valence-electron chi connectivity index (χ0n) is 21.4. The van der Waals surface area contributed by atoms with Gasteiger partial charge in [0.25, 0.3) is 0 Å². The van der Waals surface area contributed by atoms with E-state index in [4.69, 9.17) is 4.74 Å². The van der Waals surface area contributed by atoms with Crippen LogP contribution in [0.1, 0.15) is 31.7 Å². The minimum atomic E-state index is -4.65. The number of hydrogen-bond donors (Lipinski definition) is 5. The highest BCUT2D eigenvalue weighted by atomic mass is 19.4. The summed E-state index contributed by atoms with van der Waals surface area (Å²) >= 11 is 0. The number of carbonyl (C=O) groups excluding carboxylic acids is 1. The van der Waals surface area contributed by atoms with Crippen LogP contribution in [0.25, 0.3) is 0 Å². The van der Waals surface area contributed by atoms with Crippen LogP contribution in [-0.2, 0) is 11.0 Å². The van der Waals surface area contributed by atoms with E-state index in [2.05, 4.69) is 43.5 Å². The number of nitrogens with zero attached hydrogens (tertiary/aromatic N) is 2. The zero-order valence-corrected chi connectivity index (χ0v) is 21.4. The van der Waals surface area contributed by atoms with E-state index in [1.54, 1.807) is 43.4 Å². The maximum absolute atomic E-state index is 13.7. The number of rotatable bonds is 14. The van der Waals surface area contributed by atoms with Gasteiger partial charge in [0.15, 0.2) is 0 Å². The van der Waals surface area contributed by atoms with Crippen LogP contribution >= 0.6 is 0 Å². The average Bonchev–Trinajstić information content (AvgIpc) is 2.89. The molecule has 0 aliphatic carbocycles. The Labute approximate surface area is 219 Å². The van der Waals surface area contributed by atoms with Crippen LogP contribution < -0.4 is 31.3 Å². The van der Waals surface area contributed by atoms with Crippen molar-refractivity contribution in [2.24, 2.45) is 0 Å². The molecular formula is C26H32F3N7O2. The van der Waals surface area contributed by atoms with Crippen molar-refractivity contribution < 1.29 is 22.7 Å². The standard InChI is InChI=1S/C26H32F3N7O2/c1-4-6-17(11-12-31-16-37)33-20-9-10-22(23(14-20)38-3)35-25-32-15-21(26(27,28)29)24(36-25)34-19-8-5-7-18(13-19)30-2/h5,7-10,13-17,30,33H,4,6,11-12H2,1-3H3,(H,31,37)(H2,32,34,35,36). The average molecular weight is 532 g/mol. The molecule has 5 N–H and O–H groups in total. The number of hydrogen-bond acceptors (Lipinski definition) is 8. The second kappa shape index (κ2) is 13.4. The lowest BCUT2D eigenvalue weighted by Gasteiger charge is -2.20. The summed E-state index contributed by atoms with van der Waals surface area (Å²) in [6.45, 7) is 2.64. The first kappa shape index (κ1) is 28.4. The molecule has 0 fully saturated rings. The third kappa shape index (κ3) is 7.89. The van der Waals surface area contributed by atoms with E-state index >= 15 is 0 Å².